The molecular formula is C19H24ClN5O. The first kappa shape index (κ1) is 18.6. The quantitative estimate of drug-likeness (QED) is 0.891. The molecule has 0 aliphatic carbocycles. The second-order valence-electron chi connectivity index (χ2n) is 6.50. The van der Waals surface area contributed by atoms with E-state index in [1.165, 1.54) is 0 Å². The third kappa shape index (κ3) is 4.31. The highest BCUT2D eigenvalue weighted by Crippen LogP contribution is 2.23. The lowest BCUT2D eigenvalue weighted by Crippen LogP contribution is -2.48. The molecule has 3 rings (SSSR count). The van der Waals surface area contributed by atoms with Crippen LogP contribution in [-0.4, -0.2) is 58.4 Å². The zero-order valence-corrected chi connectivity index (χ0v) is 16.2. The average molecular weight is 374 g/mol. The van der Waals surface area contributed by atoms with Crippen LogP contribution >= 0.6 is 11.6 Å². The van der Waals surface area contributed by atoms with E-state index in [0.717, 1.165) is 44.0 Å². The summed E-state index contributed by atoms with van der Waals surface area (Å²) < 4.78 is 0. The molecule has 138 valence electrons. The number of likely N-dealkylation sites (N-methyl/N-ethyl adjacent to an activating group) is 1. The van der Waals surface area contributed by atoms with Gasteiger partial charge in [0.05, 0.1) is 0 Å². The number of hydrogen-bond acceptors (Lipinski definition) is 5. The van der Waals surface area contributed by atoms with Gasteiger partial charge in [0.15, 0.2) is 0 Å². The van der Waals surface area contributed by atoms with Crippen molar-refractivity contribution < 1.29 is 4.79 Å². The van der Waals surface area contributed by atoms with Crippen LogP contribution in [0, 0.1) is 13.8 Å². The number of rotatable bonds is 4. The van der Waals surface area contributed by atoms with Gasteiger partial charge < -0.3 is 15.1 Å². The SMILES string of the molecule is CCN1CCN(C(=O)c2cc(Nc3ccc(Cl)cc3C)nc(C)n2)CC1. The molecule has 0 radical (unpaired) electrons. The van der Waals surface area contributed by atoms with Crippen molar-refractivity contribution in [1.29, 1.82) is 0 Å². The van der Waals surface area contributed by atoms with Crippen molar-refractivity contribution in [2.75, 3.05) is 38.0 Å². The van der Waals surface area contributed by atoms with Crippen LogP contribution in [0.4, 0.5) is 11.5 Å². The molecule has 1 N–H and O–H groups in total. The molecule has 1 aliphatic rings. The number of halogens is 1. The molecule has 0 atom stereocenters. The number of aryl methyl sites for hydroxylation is 2. The predicted molar refractivity (Wildman–Crippen MR) is 104 cm³/mol. The van der Waals surface area contributed by atoms with Gasteiger partial charge in [0, 0.05) is 43.0 Å². The van der Waals surface area contributed by atoms with Crippen LogP contribution in [0.15, 0.2) is 24.3 Å². The first-order valence-electron chi connectivity index (χ1n) is 8.86. The second kappa shape index (κ2) is 8.01. The van der Waals surface area contributed by atoms with Gasteiger partial charge in [-0.25, -0.2) is 9.97 Å². The Kier molecular flexibility index (Phi) is 5.74. The van der Waals surface area contributed by atoms with Gasteiger partial charge in [-0.3, -0.25) is 4.79 Å². The number of carbonyl (C=O) groups is 1. The van der Waals surface area contributed by atoms with Crippen LogP contribution in [-0.2, 0) is 0 Å². The maximum Gasteiger partial charge on any atom is 0.272 e. The predicted octanol–water partition coefficient (Wildman–Crippen LogP) is 3.27. The van der Waals surface area contributed by atoms with Gasteiger partial charge in [-0.15, -0.1) is 0 Å². The number of anilines is 2. The normalized spacial score (nSPS) is 15.2. The van der Waals surface area contributed by atoms with E-state index < -0.39 is 0 Å². The molecule has 1 aromatic heterocycles. The first-order valence-corrected chi connectivity index (χ1v) is 9.24. The zero-order valence-electron chi connectivity index (χ0n) is 15.4. The standard InChI is InChI=1S/C19H24ClN5O/c1-4-24-7-9-25(10-8-24)19(26)17-12-18(22-14(3)21-17)23-16-6-5-15(20)11-13(16)2/h5-6,11-12H,4,7-10H2,1-3H3,(H,21,22,23). The molecule has 0 saturated carbocycles. The van der Waals surface area contributed by atoms with E-state index in [9.17, 15) is 4.79 Å². The van der Waals surface area contributed by atoms with E-state index in [0.29, 0.717) is 22.4 Å². The fourth-order valence-electron chi connectivity index (χ4n) is 3.08. The van der Waals surface area contributed by atoms with Crippen LogP contribution in [0.5, 0.6) is 0 Å². The summed E-state index contributed by atoms with van der Waals surface area (Å²) in [6.07, 6.45) is 0. The third-order valence-electron chi connectivity index (χ3n) is 4.61. The maximum atomic E-state index is 12.8. The van der Waals surface area contributed by atoms with Crippen LogP contribution in [0.1, 0.15) is 28.8 Å². The number of nitrogens with zero attached hydrogens (tertiary/aromatic N) is 4. The van der Waals surface area contributed by atoms with E-state index in [4.69, 9.17) is 11.6 Å². The van der Waals surface area contributed by atoms with E-state index in [2.05, 4.69) is 27.1 Å². The third-order valence-corrected chi connectivity index (χ3v) is 4.85. The molecule has 2 aromatic rings. The fraction of sp³-hybridized carbons (Fsp3) is 0.421. The molecule has 1 aliphatic heterocycles. The number of piperazine rings is 1. The molecule has 6 nitrogen and oxygen atoms in total. The van der Waals surface area contributed by atoms with Crippen LogP contribution < -0.4 is 5.32 Å². The summed E-state index contributed by atoms with van der Waals surface area (Å²) in [5.41, 5.74) is 2.34. The lowest BCUT2D eigenvalue weighted by molar-refractivity contribution is 0.0637. The minimum Gasteiger partial charge on any atom is -0.340 e. The molecule has 1 saturated heterocycles. The summed E-state index contributed by atoms with van der Waals surface area (Å²) in [6, 6.07) is 7.33. The Morgan fingerprint density at radius 2 is 1.88 bits per heavy atom. The van der Waals surface area contributed by atoms with Crippen molar-refractivity contribution in [1.82, 2.24) is 19.8 Å². The summed E-state index contributed by atoms with van der Waals surface area (Å²) in [7, 11) is 0. The van der Waals surface area contributed by atoms with Gasteiger partial charge in [0.25, 0.3) is 5.91 Å². The maximum absolute atomic E-state index is 12.8. The Bertz CT molecular complexity index is 803. The highest BCUT2D eigenvalue weighted by molar-refractivity contribution is 6.30. The van der Waals surface area contributed by atoms with Gasteiger partial charge in [-0.05, 0) is 44.2 Å². The van der Waals surface area contributed by atoms with Crippen LogP contribution in [0.2, 0.25) is 5.02 Å². The Balaban J connectivity index is 1.78. The molecule has 0 unspecified atom stereocenters. The Morgan fingerprint density at radius 3 is 2.54 bits per heavy atom. The zero-order chi connectivity index (χ0) is 18.7. The molecule has 26 heavy (non-hydrogen) atoms. The van der Waals surface area contributed by atoms with Crippen LogP contribution in [0.25, 0.3) is 0 Å². The largest absolute Gasteiger partial charge is 0.340 e. The fourth-order valence-corrected chi connectivity index (χ4v) is 3.30. The van der Waals surface area contributed by atoms with Gasteiger partial charge in [-0.1, -0.05) is 18.5 Å². The Hall–Kier alpha value is -2.18. The molecule has 1 aromatic carbocycles. The summed E-state index contributed by atoms with van der Waals surface area (Å²) in [6.45, 7) is 10.2. The van der Waals surface area contributed by atoms with Gasteiger partial charge in [0.1, 0.15) is 17.3 Å². The smallest absolute Gasteiger partial charge is 0.272 e. The first-order chi connectivity index (χ1) is 12.5. The number of hydrogen-bond donors (Lipinski definition) is 1. The lowest BCUT2D eigenvalue weighted by Gasteiger charge is -2.33. The average Bonchev–Trinajstić information content (AvgIpc) is 2.63. The monoisotopic (exact) mass is 373 g/mol. The summed E-state index contributed by atoms with van der Waals surface area (Å²) in [5.74, 6) is 1.14. The lowest BCUT2D eigenvalue weighted by atomic mass is 10.2. The number of benzene rings is 1. The highest BCUT2D eigenvalue weighted by atomic mass is 35.5. The second-order valence-corrected chi connectivity index (χ2v) is 6.93. The van der Waals surface area contributed by atoms with Gasteiger partial charge in [0.2, 0.25) is 0 Å². The molecule has 1 fully saturated rings. The van der Waals surface area contributed by atoms with E-state index in [-0.39, 0.29) is 5.91 Å². The van der Waals surface area contributed by atoms with Crippen LogP contribution in [0.3, 0.4) is 0 Å². The minimum atomic E-state index is -0.0397. The van der Waals surface area contributed by atoms with Crippen molar-refractivity contribution in [3.8, 4) is 0 Å². The molecule has 0 bridgehead atoms. The number of nitrogens with one attached hydrogen (secondary N) is 1. The van der Waals surface area contributed by atoms with Crippen molar-refractivity contribution in [3.05, 3.63) is 46.4 Å². The topological polar surface area (TPSA) is 61.4 Å². The van der Waals surface area contributed by atoms with Crippen molar-refractivity contribution in [3.63, 3.8) is 0 Å². The molecule has 0 spiro atoms. The number of amides is 1. The van der Waals surface area contributed by atoms with Crippen molar-refractivity contribution in [2.45, 2.75) is 20.8 Å². The van der Waals surface area contributed by atoms with E-state index >= 15 is 0 Å². The Labute approximate surface area is 159 Å². The summed E-state index contributed by atoms with van der Waals surface area (Å²) in [5, 5.41) is 3.95. The number of carbonyl (C=O) groups excluding carboxylic acids is 1. The van der Waals surface area contributed by atoms with Gasteiger partial charge in [-0.2, -0.15) is 0 Å². The van der Waals surface area contributed by atoms with E-state index in [1.807, 2.05) is 30.0 Å². The highest BCUT2D eigenvalue weighted by Gasteiger charge is 2.23. The van der Waals surface area contributed by atoms with Crippen molar-refractivity contribution in [2.24, 2.45) is 0 Å². The molecule has 7 heteroatoms. The van der Waals surface area contributed by atoms with Gasteiger partial charge >= 0.3 is 0 Å². The summed E-state index contributed by atoms with van der Waals surface area (Å²) in [4.78, 5) is 25.8. The number of aromatic nitrogens is 2. The Morgan fingerprint density at radius 1 is 1.15 bits per heavy atom. The molecular weight excluding hydrogens is 350 g/mol. The minimum absolute atomic E-state index is 0.0397. The van der Waals surface area contributed by atoms with E-state index in [1.54, 1.807) is 13.0 Å². The molecule has 2 heterocycles. The molecule has 1 amide bonds. The van der Waals surface area contributed by atoms with Crippen molar-refractivity contribution >= 4 is 29.0 Å². The summed E-state index contributed by atoms with van der Waals surface area (Å²) >= 11 is 6.01.